The number of aliphatic hydroxyl groups is 1. The molecule has 2 rings (SSSR count). The van der Waals surface area contributed by atoms with Crippen molar-refractivity contribution in [2.75, 3.05) is 6.26 Å². The highest BCUT2D eigenvalue weighted by molar-refractivity contribution is 7.90. The number of hydrogen-bond acceptors (Lipinski definition) is 7. The fourth-order valence-electron chi connectivity index (χ4n) is 1.21. The van der Waals surface area contributed by atoms with Crippen molar-refractivity contribution < 1.29 is 18.3 Å². The topological polar surface area (TPSA) is 89.4 Å². The summed E-state index contributed by atoms with van der Waals surface area (Å²) in [6, 6.07) is 6.10. The van der Waals surface area contributed by atoms with E-state index in [1.807, 2.05) is 0 Å². The molecule has 0 unspecified atom stereocenters. The number of aromatic nitrogens is 2. The first-order valence-electron chi connectivity index (χ1n) is 4.90. The van der Waals surface area contributed by atoms with E-state index in [4.69, 9.17) is 9.84 Å². The third kappa shape index (κ3) is 3.03. The van der Waals surface area contributed by atoms with Crippen LogP contribution in [0.2, 0.25) is 0 Å². The lowest BCUT2D eigenvalue weighted by Crippen LogP contribution is -1.96. The van der Waals surface area contributed by atoms with E-state index < -0.39 is 9.84 Å². The molecule has 0 amide bonds. The fourth-order valence-corrected chi connectivity index (χ4v) is 2.44. The summed E-state index contributed by atoms with van der Waals surface area (Å²) in [6.45, 7) is -0.204. The van der Waals surface area contributed by atoms with Crippen molar-refractivity contribution in [3.05, 3.63) is 29.3 Å². The lowest BCUT2D eigenvalue weighted by atomic mass is 10.3. The molecule has 1 aromatic heterocycles. The average Bonchev–Trinajstić information content (AvgIpc) is 2.76. The van der Waals surface area contributed by atoms with Gasteiger partial charge in [0.25, 0.3) is 5.19 Å². The van der Waals surface area contributed by atoms with Gasteiger partial charge in [-0.3, -0.25) is 0 Å². The van der Waals surface area contributed by atoms with Gasteiger partial charge >= 0.3 is 0 Å². The van der Waals surface area contributed by atoms with Crippen molar-refractivity contribution in [1.29, 1.82) is 0 Å². The molecule has 0 spiro atoms. The van der Waals surface area contributed by atoms with Crippen LogP contribution in [-0.2, 0) is 16.4 Å². The van der Waals surface area contributed by atoms with E-state index in [0.29, 0.717) is 10.8 Å². The van der Waals surface area contributed by atoms with Crippen molar-refractivity contribution in [1.82, 2.24) is 10.2 Å². The summed E-state index contributed by atoms with van der Waals surface area (Å²) < 4.78 is 28.1. The quantitative estimate of drug-likeness (QED) is 0.909. The molecule has 1 aromatic carbocycles. The molecule has 1 N–H and O–H groups in total. The van der Waals surface area contributed by atoms with Gasteiger partial charge in [-0.15, -0.1) is 5.10 Å². The van der Waals surface area contributed by atoms with Crippen LogP contribution in [0, 0.1) is 0 Å². The van der Waals surface area contributed by atoms with E-state index >= 15 is 0 Å². The molecule has 0 aliphatic rings. The maximum Gasteiger partial charge on any atom is 0.299 e. The Morgan fingerprint density at radius 2 is 2.17 bits per heavy atom. The van der Waals surface area contributed by atoms with Gasteiger partial charge in [0.05, 0.1) is 11.5 Å². The molecule has 1 heterocycles. The van der Waals surface area contributed by atoms with Gasteiger partial charge in [0.15, 0.2) is 9.84 Å². The molecule has 96 valence electrons. The number of rotatable bonds is 4. The van der Waals surface area contributed by atoms with Crippen LogP contribution in [0.1, 0.15) is 5.01 Å². The van der Waals surface area contributed by atoms with E-state index in [9.17, 15) is 8.42 Å². The number of hydrogen-bond donors (Lipinski definition) is 1. The lowest BCUT2D eigenvalue weighted by Gasteiger charge is -2.03. The number of ether oxygens (including phenoxy) is 1. The van der Waals surface area contributed by atoms with E-state index in [-0.39, 0.29) is 16.7 Å². The molecule has 0 bridgehead atoms. The SMILES string of the molecule is CS(=O)(=O)c1cccc(Oc2nnc(CO)s2)c1. The van der Waals surface area contributed by atoms with Gasteiger partial charge in [-0.25, -0.2) is 8.42 Å². The second-order valence-corrected chi connectivity index (χ2v) is 6.51. The summed E-state index contributed by atoms with van der Waals surface area (Å²) in [5, 5.41) is 16.9. The standard InChI is InChI=1S/C10H10N2O4S2/c1-18(14,15)8-4-2-3-7(5-8)16-10-12-11-9(6-13)17-10/h2-5,13H,6H2,1H3. The number of benzene rings is 1. The Bertz CT molecular complexity index is 651. The lowest BCUT2D eigenvalue weighted by molar-refractivity contribution is 0.280. The third-order valence-electron chi connectivity index (χ3n) is 2.02. The van der Waals surface area contributed by atoms with Crippen LogP contribution >= 0.6 is 11.3 Å². The highest BCUT2D eigenvalue weighted by atomic mass is 32.2. The summed E-state index contributed by atoms with van der Waals surface area (Å²) in [5.41, 5.74) is 0. The molecule has 0 saturated carbocycles. The Morgan fingerprint density at radius 3 is 2.78 bits per heavy atom. The van der Waals surface area contributed by atoms with Gasteiger partial charge in [0.1, 0.15) is 10.8 Å². The first-order chi connectivity index (χ1) is 8.49. The van der Waals surface area contributed by atoms with Crippen LogP contribution in [0.15, 0.2) is 29.2 Å². The average molecular weight is 286 g/mol. The molecule has 2 aromatic rings. The minimum atomic E-state index is -3.27. The molecule has 6 nitrogen and oxygen atoms in total. The minimum Gasteiger partial charge on any atom is -0.430 e. The van der Waals surface area contributed by atoms with Gasteiger partial charge in [-0.1, -0.05) is 22.5 Å². The molecular formula is C10H10N2O4S2. The van der Waals surface area contributed by atoms with Crippen LogP contribution in [0.5, 0.6) is 10.9 Å². The second kappa shape index (κ2) is 5.01. The Balaban J connectivity index is 2.24. The van der Waals surface area contributed by atoms with Gasteiger partial charge in [0.2, 0.25) is 0 Å². The van der Waals surface area contributed by atoms with Gasteiger partial charge < -0.3 is 9.84 Å². The molecule has 18 heavy (non-hydrogen) atoms. The van der Waals surface area contributed by atoms with Crippen molar-refractivity contribution in [2.45, 2.75) is 11.5 Å². The molecular weight excluding hydrogens is 276 g/mol. The van der Waals surface area contributed by atoms with E-state index in [1.165, 1.54) is 12.1 Å². The molecule has 0 fully saturated rings. The smallest absolute Gasteiger partial charge is 0.299 e. The van der Waals surface area contributed by atoms with Crippen molar-refractivity contribution in [3.8, 4) is 10.9 Å². The molecule has 0 aliphatic carbocycles. The normalized spacial score (nSPS) is 11.4. The number of nitrogens with zero attached hydrogens (tertiary/aromatic N) is 2. The minimum absolute atomic E-state index is 0.173. The number of sulfone groups is 1. The Morgan fingerprint density at radius 1 is 1.39 bits per heavy atom. The second-order valence-electron chi connectivity index (χ2n) is 3.47. The van der Waals surface area contributed by atoms with Crippen molar-refractivity contribution in [3.63, 3.8) is 0 Å². The summed E-state index contributed by atoms with van der Waals surface area (Å²) in [7, 11) is -3.27. The van der Waals surface area contributed by atoms with Crippen LogP contribution in [0.4, 0.5) is 0 Å². The molecule has 0 aliphatic heterocycles. The highest BCUT2D eigenvalue weighted by Crippen LogP contribution is 2.26. The zero-order valence-corrected chi connectivity index (χ0v) is 11.0. The van der Waals surface area contributed by atoms with Crippen LogP contribution < -0.4 is 4.74 Å². The van der Waals surface area contributed by atoms with Crippen LogP contribution in [0.25, 0.3) is 0 Å². The monoisotopic (exact) mass is 286 g/mol. The summed E-state index contributed by atoms with van der Waals surface area (Å²) in [4.78, 5) is 0.173. The zero-order valence-electron chi connectivity index (χ0n) is 9.40. The van der Waals surface area contributed by atoms with Crippen molar-refractivity contribution in [2.24, 2.45) is 0 Å². The largest absolute Gasteiger partial charge is 0.430 e. The molecule has 0 atom stereocenters. The van der Waals surface area contributed by atoms with Crippen molar-refractivity contribution >= 4 is 21.2 Å². The predicted octanol–water partition coefficient (Wildman–Crippen LogP) is 1.23. The summed E-state index contributed by atoms with van der Waals surface area (Å²) in [6.07, 6.45) is 1.13. The van der Waals surface area contributed by atoms with Gasteiger partial charge in [-0.2, -0.15) is 0 Å². The van der Waals surface area contributed by atoms with E-state index in [1.54, 1.807) is 12.1 Å². The van der Waals surface area contributed by atoms with Crippen LogP contribution in [0.3, 0.4) is 0 Å². The summed E-state index contributed by atoms with van der Waals surface area (Å²) in [5.74, 6) is 0.360. The Hall–Kier alpha value is -1.51. The molecule has 0 radical (unpaired) electrons. The maximum atomic E-state index is 11.4. The van der Waals surface area contributed by atoms with Gasteiger partial charge in [0, 0.05) is 6.26 Å². The maximum absolute atomic E-state index is 11.4. The first kappa shape index (κ1) is 12.9. The number of aliphatic hydroxyl groups excluding tert-OH is 1. The third-order valence-corrected chi connectivity index (χ3v) is 3.92. The Labute approximate surface area is 108 Å². The van der Waals surface area contributed by atoms with Gasteiger partial charge in [-0.05, 0) is 18.2 Å². The fraction of sp³-hybridized carbons (Fsp3) is 0.200. The predicted molar refractivity (Wildman–Crippen MR) is 65.5 cm³/mol. The first-order valence-corrected chi connectivity index (χ1v) is 7.61. The molecule has 0 saturated heterocycles. The van der Waals surface area contributed by atoms with Crippen LogP contribution in [-0.4, -0.2) is 30.0 Å². The van der Waals surface area contributed by atoms with E-state index in [0.717, 1.165) is 17.6 Å². The zero-order chi connectivity index (χ0) is 13.2. The Kier molecular flexibility index (Phi) is 3.60. The van der Waals surface area contributed by atoms with E-state index in [2.05, 4.69) is 10.2 Å². The highest BCUT2D eigenvalue weighted by Gasteiger charge is 2.10. The summed E-state index contributed by atoms with van der Waals surface area (Å²) >= 11 is 1.10. The molecule has 8 heteroatoms.